The van der Waals surface area contributed by atoms with Crippen molar-refractivity contribution >= 4 is 38.7 Å². The van der Waals surface area contributed by atoms with Crippen molar-refractivity contribution in [1.29, 1.82) is 0 Å². The quantitative estimate of drug-likeness (QED) is 0.417. The smallest absolute Gasteiger partial charge is 0.141 e. The van der Waals surface area contributed by atoms with Gasteiger partial charge in [-0.15, -0.1) is 29.3 Å². The maximum atomic E-state index is 4.59. The third kappa shape index (κ3) is 3.34. The van der Waals surface area contributed by atoms with Gasteiger partial charge in [-0.3, -0.25) is 0 Å². The first-order valence-electron chi connectivity index (χ1n) is 8.03. The van der Waals surface area contributed by atoms with Crippen LogP contribution in [0.25, 0.3) is 20.7 Å². The summed E-state index contributed by atoms with van der Waals surface area (Å²) >= 11 is 3.47. The highest BCUT2D eigenvalue weighted by atomic mass is 32.1. The molecular formula is C20H17N3S2. The predicted molar refractivity (Wildman–Crippen MR) is 108 cm³/mol. The molecule has 0 atom stereocenters. The van der Waals surface area contributed by atoms with E-state index >= 15 is 0 Å². The summed E-state index contributed by atoms with van der Waals surface area (Å²) in [6.07, 6.45) is 3.58. The van der Waals surface area contributed by atoms with E-state index in [0.29, 0.717) is 0 Å². The lowest BCUT2D eigenvalue weighted by molar-refractivity contribution is 0.861. The highest BCUT2D eigenvalue weighted by molar-refractivity contribution is 7.21. The summed E-state index contributed by atoms with van der Waals surface area (Å²) in [5.41, 5.74) is 1.21. The Morgan fingerprint density at radius 1 is 1.08 bits per heavy atom. The minimum absolute atomic E-state index is 0.751. The maximum Gasteiger partial charge on any atom is 0.141 e. The summed E-state index contributed by atoms with van der Waals surface area (Å²) in [6, 6.07) is 16.9. The van der Waals surface area contributed by atoms with Gasteiger partial charge in [-0.1, -0.05) is 42.5 Å². The van der Waals surface area contributed by atoms with Gasteiger partial charge in [-0.25, -0.2) is 9.97 Å². The molecule has 0 aliphatic carbocycles. The molecule has 0 aliphatic rings. The van der Waals surface area contributed by atoms with Crippen LogP contribution < -0.4 is 4.90 Å². The summed E-state index contributed by atoms with van der Waals surface area (Å²) in [5, 5.41) is 3.21. The van der Waals surface area contributed by atoms with Crippen LogP contribution in [-0.4, -0.2) is 16.5 Å². The van der Waals surface area contributed by atoms with E-state index in [0.717, 1.165) is 29.1 Å². The topological polar surface area (TPSA) is 29.0 Å². The number of fused-ring (bicyclic) bond motifs is 1. The van der Waals surface area contributed by atoms with Crippen molar-refractivity contribution in [2.45, 2.75) is 6.54 Å². The van der Waals surface area contributed by atoms with Gasteiger partial charge in [0.15, 0.2) is 0 Å². The van der Waals surface area contributed by atoms with Crippen molar-refractivity contribution in [3.63, 3.8) is 0 Å². The molecular weight excluding hydrogens is 346 g/mol. The fraction of sp³-hybridized carbons (Fsp3) is 0.100. The number of thiophene rings is 2. The Bertz CT molecular complexity index is 975. The van der Waals surface area contributed by atoms with Crippen molar-refractivity contribution in [3.05, 3.63) is 77.8 Å². The van der Waals surface area contributed by atoms with Gasteiger partial charge >= 0.3 is 0 Å². The summed E-state index contributed by atoms with van der Waals surface area (Å²) in [5.74, 6) is 0.969. The highest BCUT2D eigenvalue weighted by Gasteiger charge is 2.15. The van der Waals surface area contributed by atoms with Crippen molar-refractivity contribution in [2.75, 3.05) is 11.4 Å². The van der Waals surface area contributed by atoms with Crippen LogP contribution in [0.3, 0.4) is 0 Å². The minimum Gasteiger partial charge on any atom is -0.347 e. The number of benzene rings is 1. The highest BCUT2D eigenvalue weighted by Crippen LogP contribution is 2.36. The first-order valence-corrected chi connectivity index (χ1v) is 9.73. The molecule has 5 heteroatoms. The number of hydrogen-bond acceptors (Lipinski definition) is 5. The monoisotopic (exact) mass is 363 g/mol. The zero-order chi connectivity index (χ0) is 17.1. The minimum atomic E-state index is 0.751. The molecule has 3 nitrogen and oxygen atoms in total. The number of anilines is 1. The normalized spacial score (nSPS) is 10.9. The van der Waals surface area contributed by atoms with E-state index in [2.05, 4.69) is 69.3 Å². The molecule has 124 valence electrons. The lowest BCUT2D eigenvalue weighted by atomic mass is 10.2. The molecule has 25 heavy (non-hydrogen) atoms. The molecule has 4 rings (SSSR count). The van der Waals surface area contributed by atoms with Crippen LogP contribution in [-0.2, 0) is 6.54 Å². The Hall–Kier alpha value is -2.50. The molecule has 3 heterocycles. The Balaban J connectivity index is 1.77. The van der Waals surface area contributed by atoms with Crippen LogP contribution in [0.2, 0.25) is 0 Å². The molecule has 0 saturated carbocycles. The van der Waals surface area contributed by atoms with Crippen molar-refractivity contribution in [2.24, 2.45) is 0 Å². The molecule has 0 radical (unpaired) electrons. The number of hydrogen-bond donors (Lipinski definition) is 0. The molecule has 0 amide bonds. The van der Waals surface area contributed by atoms with E-state index in [1.54, 1.807) is 29.0 Å². The molecule has 0 N–H and O–H groups in total. The van der Waals surface area contributed by atoms with E-state index in [4.69, 9.17) is 0 Å². The van der Waals surface area contributed by atoms with E-state index in [1.807, 2.05) is 12.1 Å². The third-order valence-electron chi connectivity index (χ3n) is 3.94. The first-order chi connectivity index (χ1) is 12.3. The molecule has 0 saturated heterocycles. The molecule has 0 spiro atoms. The fourth-order valence-corrected chi connectivity index (χ4v) is 4.53. The number of nitrogens with zero attached hydrogens (tertiary/aromatic N) is 3. The lowest BCUT2D eigenvalue weighted by Crippen LogP contribution is -2.23. The Kier molecular flexibility index (Phi) is 4.59. The number of rotatable bonds is 6. The van der Waals surface area contributed by atoms with Crippen molar-refractivity contribution in [1.82, 2.24) is 9.97 Å². The molecule has 1 aromatic carbocycles. The second kappa shape index (κ2) is 7.17. The van der Waals surface area contributed by atoms with E-state index in [9.17, 15) is 0 Å². The van der Waals surface area contributed by atoms with Crippen LogP contribution in [0.4, 0.5) is 5.82 Å². The van der Waals surface area contributed by atoms with Crippen LogP contribution >= 0.6 is 22.7 Å². The lowest BCUT2D eigenvalue weighted by Gasteiger charge is -2.22. The summed E-state index contributed by atoms with van der Waals surface area (Å²) in [4.78, 5) is 14.9. The summed E-state index contributed by atoms with van der Waals surface area (Å²) in [7, 11) is 0. The van der Waals surface area contributed by atoms with Crippen molar-refractivity contribution in [3.8, 4) is 10.4 Å². The summed E-state index contributed by atoms with van der Waals surface area (Å²) in [6.45, 7) is 5.49. The van der Waals surface area contributed by atoms with Gasteiger partial charge in [-0.2, -0.15) is 0 Å². The Morgan fingerprint density at radius 2 is 1.96 bits per heavy atom. The zero-order valence-corrected chi connectivity index (χ0v) is 15.3. The molecule has 0 fully saturated rings. The second-order valence-corrected chi connectivity index (χ2v) is 7.70. The molecule has 0 bridgehead atoms. The van der Waals surface area contributed by atoms with Crippen molar-refractivity contribution < 1.29 is 0 Å². The zero-order valence-electron chi connectivity index (χ0n) is 13.6. The second-order valence-electron chi connectivity index (χ2n) is 5.64. The number of aromatic nitrogens is 2. The van der Waals surface area contributed by atoms with E-state index in [-0.39, 0.29) is 0 Å². The average Bonchev–Trinajstić information content (AvgIpc) is 3.31. The van der Waals surface area contributed by atoms with Gasteiger partial charge in [0.05, 0.1) is 11.9 Å². The van der Waals surface area contributed by atoms with E-state index in [1.165, 1.54) is 15.3 Å². The molecule has 0 aliphatic heterocycles. The SMILES string of the molecule is C=CCN(Cc1cccs1)c1ncnc2sc(-c3ccccc3)cc12. The van der Waals surface area contributed by atoms with Crippen LogP contribution in [0.15, 0.2) is 72.9 Å². The summed E-state index contributed by atoms with van der Waals surface area (Å²) < 4.78 is 0. The standard InChI is InChI=1S/C20H17N3S2/c1-2-10-23(13-16-9-6-11-24-16)19-17-12-18(15-7-4-3-5-8-15)25-20(17)22-14-21-19/h2-9,11-12,14H,1,10,13H2. The Labute approximate surface area is 154 Å². The van der Waals surface area contributed by atoms with Gasteiger partial charge < -0.3 is 4.90 Å². The Morgan fingerprint density at radius 3 is 2.72 bits per heavy atom. The first kappa shape index (κ1) is 16.0. The molecule has 0 unspecified atom stereocenters. The molecule has 4 aromatic rings. The van der Waals surface area contributed by atoms with Gasteiger partial charge in [0, 0.05) is 16.3 Å². The average molecular weight is 364 g/mol. The van der Waals surface area contributed by atoms with Crippen LogP contribution in [0.5, 0.6) is 0 Å². The third-order valence-corrected chi connectivity index (χ3v) is 5.90. The molecule has 3 aromatic heterocycles. The largest absolute Gasteiger partial charge is 0.347 e. The fourth-order valence-electron chi connectivity index (χ4n) is 2.81. The van der Waals surface area contributed by atoms with Gasteiger partial charge in [0.2, 0.25) is 0 Å². The van der Waals surface area contributed by atoms with Crippen LogP contribution in [0.1, 0.15) is 4.88 Å². The predicted octanol–water partition coefficient (Wildman–Crippen LogP) is 5.61. The van der Waals surface area contributed by atoms with E-state index < -0.39 is 0 Å². The van der Waals surface area contributed by atoms with Gasteiger partial charge in [-0.05, 0) is 23.1 Å². The van der Waals surface area contributed by atoms with Gasteiger partial charge in [0.25, 0.3) is 0 Å². The van der Waals surface area contributed by atoms with Gasteiger partial charge in [0.1, 0.15) is 17.0 Å². The maximum absolute atomic E-state index is 4.59. The van der Waals surface area contributed by atoms with Crippen LogP contribution in [0, 0.1) is 0 Å².